The lowest BCUT2D eigenvalue weighted by molar-refractivity contribution is -0.000609. The first kappa shape index (κ1) is 27.7. The van der Waals surface area contributed by atoms with E-state index in [0.717, 1.165) is 12.8 Å². The maximum Gasteiger partial charge on any atom is 0.407 e. The lowest BCUT2D eigenvalue weighted by atomic mass is 10.1. The Hall–Kier alpha value is -2.85. The molecule has 0 unspecified atom stereocenters. The summed E-state index contributed by atoms with van der Waals surface area (Å²) in [5.41, 5.74) is 0.794. The number of alkyl carbamates (subject to hydrolysis) is 1. The Morgan fingerprint density at radius 1 is 1.26 bits per heavy atom. The number of carbonyl (C=O) groups excluding carboxylic acids is 1. The predicted molar refractivity (Wildman–Crippen MR) is 150 cm³/mol. The molecule has 8 nitrogen and oxygen atoms in total. The number of anilines is 2. The van der Waals surface area contributed by atoms with Gasteiger partial charge in [0.05, 0.1) is 44.5 Å². The third-order valence-electron chi connectivity index (χ3n) is 7.38. The monoisotopic (exact) mass is 563 g/mol. The van der Waals surface area contributed by atoms with Crippen molar-refractivity contribution in [2.45, 2.75) is 71.6 Å². The van der Waals surface area contributed by atoms with Crippen LogP contribution >= 0.6 is 11.6 Å². The lowest BCUT2D eigenvalue weighted by Crippen LogP contribution is -2.36. The number of hydrogen-bond donors (Lipinski definition) is 2. The van der Waals surface area contributed by atoms with Crippen molar-refractivity contribution in [1.82, 2.24) is 15.3 Å². The van der Waals surface area contributed by atoms with Gasteiger partial charge >= 0.3 is 6.09 Å². The summed E-state index contributed by atoms with van der Waals surface area (Å²) in [7, 11) is 1.76. The summed E-state index contributed by atoms with van der Waals surface area (Å²) in [6.07, 6.45) is 2.73. The van der Waals surface area contributed by atoms with Crippen LogP contribution in [0.1, 0.15) is 54.4 Å². The van der Waals surface area contributed by atoms with Gasteiger partial charge in [-0.3, -0.25) is 0 Å². The van der Waals surface area contributed by atoms with Gasteiger partial charge in [0, 0.05) is 37.7 Å². The summed E-state index contributed by atoms with van der Waals surface area (Å²) >= 11 is 6.69. The van der Waals surface area contributed by atoms with Gasteiger partial charge < -0.3 is 29.6 Å². The first-order chi connectivity index (χ1) is 18.1. The fourth-order valence-electron chi connectivity index (χ4n) is 5.41. The summed E-state index contributed by atoms with van der Waals surface area (Å²) in [6, 6.07) is 1.15. The molecule has 1 saturated carbocycles. The molecule has 212 valence electrons. The highest BCUT2D eigenvalue weighted by atomic mass is 35.5. The molecule has 1 aliphatic heterocycles. The van der Waals surface area contributed by atoms with Gasteiger partial charge in [-0.05, 0) is 54.4 Å². The molecule has 3 aromatic rings. The second-order valence-corrected chi connectivity index (χ2v) is 13.2. The molecule has 0 bridgehead atoms. The summed E-state index contributed by atoms with van der Waals surface area (Å²) < 4.78 is 41.8. The zero-order chi connectivity index (χ0) is 28.5. The van der Waals surface area contributed by atoms with Gasteiger partial charge in [-0.1, -0.05) is 11.6 Å². The van der Waals surface area contributed by atoms with Gasteiger partial charge in [-0.25, -0.2) is 18.6 Å². The van der Waals surface area contributed by atoms with E-state index >= 15 is 8.78 Å². The molecule has 5 rings (SSSR count). The average Bonchev–Trinajstić information content (AvgIpc) is 3.13. The smallest absolute Gasteiger partial charge is 0.407 e. The van der Waals surface area contributed by atoms with Crippen LogP contribution in [-0.4, -0.2) is 60.2 Å². The predicted octanol–water partition coefficient (Wildman–Crippen LogP) is 6.35. The van der Waals surface area contributed by atoms with Crippen molar-refractivity contribution in [3.8, 4) is 0 Å². The van der Waals surface area contributed by atoms with Crippen molar-refractivity contribution in [3.05, 3.63) is 28.9 Å². The van der Waals surface area contributed by atoms with Gasteiger partial charge in [0.25, 0.3) is 0 Å². The standard InChI is InChI=1S/C28H36ClF2N5O3/c1-26(2,3)38-14-35(7)17-10-16(30)21(31)19-20-23(15(29)12-32-24(20)34-22(17)19)36-9-8-28(13-36)11-18(28)33-25(37)39-27(4,5)6/h10,12,18H,8-9,11,13-14H2,1-7H3,(H,32,34)(H,33,37)/t18-,28-/m1/s1. The zero-order valence-corrected chi connectivity index (χ0v) is 24.2. The van der Waals surface area contributed by atoms with Crippen LogP contribution in [0.3, 0.4) is 0 Å². The summed E-state index contributed by atoms with van der Waals surface area (Å²) in [5.74, 6) is -1.92. The van der Waals surface area contributed by atoms with Crippen LogP contribution < -0.4 is 15.1 Å². The van der Waals surface area contributed by atoms with Crippen LogP contribution in [0.25, 0.3) is 21.9 Å². The minimum atomic E-state index is -0.964. The Balaban J connectivity index is 1.49. The molecule has 2 aliphatic rings. The molecule has 2 atom stereocenters. The SMILES string of the molecule is CN(COC(C)(C)C)c1cc(F)c(F)c2c1[nH]c1ncc(Cl)c(N3CC[C@@]4(C[C@H]4NC(=O)OC(C)(C)C)C3)c12. The molecule has 1 aliphatic carbocycles. The second kappa shape index (κ2) is 9.37. The Labute approximate surface area is 232 Å². The van der Waals surface area contributed by atoms with Crippen molar-refractivity contribution < 1.29 is 23.0 Å². The minimum absolute atomic E-state index is 0.0197. The number of aromatic amines is 1. The number of halogens is 3. The maximum absolute atomic E-state index is 15.5. The van der Waals surface area contributed by atoms with Gasteiger partial charge in [0.1, 0.15) is 18.0 Å². The second-order valence-electron chi connectivity index (χ2n) is 12.8. The maximum atomic E-state index is 15.5. The molecule has 1 saturated heterocycles. The minimum Gasteiger partial charge on any atom is -0.444 e. The fourth-order valence-corrected chi connectivity index (χ4v) is 5.67. The first-order valence-corrected chi connectivity index (χ1v) is 13.5. The zero-order valence-electron chi connectivity index (χ0n) is 23.5. The van der Waals surface area contributed by atoms with Crippen molar-refractivity contribution >= 4 is 51.0 Å². The molecule has 2 N–H and O–H groups in total. The molecule has 3 heterocycles. The third kappa shape index (κ3) is 5.33. The van der Waals surface area contributed by atoms with E-state index in [2.05, 4.69) is 20.2 Å². The van der Waals surface area contributed by atoms with Gasteiger partial charge in [-0.2, -0.15) is 0 Å². The van der Waals surface area contributed by atoms with Crippen LogP contribution in [0.15, 0.2) is 12.3 Å². The van der Waals surface area contributed by atoms with E-state index in [4.69, 9.17) is 21.1 Å². The quantitative estimate of drug-likeness (QED) is 0.352. The number of fused-ring (bicyclic) bond motifs is 3. The Morgan fingerprint density at radius 3 is 2.64 bits per heavy atom. The van der Waals surface area contributed by atoms with Gasteiger partial charge in [0.2, 0.25) is 0 Å². The highest BCUT2D eigenvalue weighted by Gasteiger charge is 2.58. The highest BCUT2D eigenvalue weighted by molar-refractivity contribution is 6.36. The van der Waals surface area contributed by atoms with Crippen molar-refractivity contribution in [2.75, 3.05) is 36.7 Å². The van der Waals surface area contributed by atoms with E-state index in [0.29, 0.717) is 46.0 Å². The molecular formula is C28H36ClF2N5O3. The van der Waals surface area contributed by atoms with E-state index in [-0.39, 0.29) is 23.6 Å². The van der Waals surface area contributed by atoms with Crippen LogP contribution in [0.2, 0.25) is 5.02 Å². The molecule has 11 heteroatoms. The number of carbonyl (C=O) groups is 1. The van der Waals surface area contributed by atoms with Crippen molar-refractivity contribution in [3.63, 3.8) is 0 Å². The largest absolute Gasteiger partial charge is 0.444 e. The third-order valence-corrected chi connectivity index (χ3v) is 7.66. The van der Waals surface area contributed by atoms with Gasteiger partial charge in [-0.15, -0.1) is 0 Å². The molecule has 1 spiro atoms. The number of ether oxygens (including phenoxy) is 2. The summed E-state index contributed by atoms with van der Waals surface area (Å²) in [6.45, 7) is 12.7. The molecule has 39 heavy (non-hydrogen) atoms. The van der Waals surface area contributed by atoms with Crippen LogP contribution in [0.5, 0.6) is 0 Å². The van der Waals surface area contributed by atoms with E-state index in [1.165, 1.54) is 12.3 Å². The molecule has 1 aromatic carbocycles. The molecule has 1 amide bonds. The van der Waals surface area contributed by atoms with E-state index in [1.807, 2.05) is 41.5 Å². The highest BCUT2D eigenvalue weighted by Crippen LogP contribution is 2.55. The number of nitrogens with zero attached hydrogens (tertiary/aromatic N) is 3. The average molecular weight is 564 g/mol. The Bertz CT molecular complexity index is 1450. The molecule has 0 radical (unpaired) electrons. The first-order valence-electron chi connectivity index (χ1n) is 13.2. The normalized spacial score (nSPS) is 21.3. The van der Waals surface area contributed by atoms with E-state index in [9.17, 15) is 4.79 Å². The van der Waals surface area contributed by atoms with Crippen LogP contribution in [0.4, 0.5) is 25.0 Å². The number of hydrogen-bond acceptors (Lipinski definition) is 6. The molecule has 2 aromatic heterocycles. The Morgan fingerprint density at radius 2 is 1.97 bits per heavy atom. The lowest BCUT2D eigenvalue weighted by Gasteiger charge is -2.26. The fraction of sp³-hybridized carbons (Fsp3) is 0.571. The number of rotatable bonds is 5. The molecular weight excluding hydrogens is 528 g/mol. The van der Waals surface area contributed by atoms with Crippen LogP contribution in [-0.2, 0) is 9.47 Å². The van der Waals surface area contributed by atoms with Crippen molar-refractivity contribution in [2.24, 2.45) is 5.41 Å². The summed E-state index contributed by atoms with van der Waals surface area (Å²) in [5, 5.41) is 3.88. The number of pyridine rings is 1. The van der Waals surface area contributed by atoms with Crippen LogP contribution in [0, 0.1) is 17.0 Å². The topological polar surface area (TPSA) is 82.7 Å². The number of amides is 1. The van der Waals surface area contributed by atoms with E-state index in [1.54, 1.807) is 11.9 Å². The van der Waals surface area contributed by atoms with E-state index < -0.39 is 28.9 Å². The van der Waals surface area contributed by atoms with Gasteiger partial charge in [0.15, 0.2) is 11.6 Å². The number of benzene rings is 1. The number of H-pyrrole nitrogens is 1. The summed E-state index contributed by atoms with van der Waals surface area (Å²) in [4.78, 5) is 23.8. The molecule has 2 fully saturated rings. The number of nitrogens with one attached hydrogen (secondary N) is 2. The Kier molecular flexibility index (Phi) is 6.66. The number of aromatic nitrogens is 2. The van der Waals surface area contributed by atoms with Crippen molar-refractivity contribution in [1.29, 1.82) is 0 Å².